The van der Waals surface area contributed by atoms with Crippen molar-refractivity contribution in [3.05, 3.63) is 17.5 Å². The number of piperazine rings is 1. The summed E-state index contributed by atoms with van der Waals surface area (Å²) in [6.07, 6.45) is 1.87. The zero-order valence-corrected chi connectivity index (χ0v) is 18.7. The Bertz CT molecular complexity index is 614. The van der Waals surface area contributed by atoms with E-state index in [4.69, 9.17) is 0 Å². The second kappa shape index (κ2) is 11.2. The molecule has 0 radical (unpaired) electrons. The summed E-state index contributed by atoms with van der Waals surface area (Å²) in [7, 11) is -3.11. The highest BCUT2D eigenvalue weighted by Gasteiger charge is 2.20. The number of hydrogen-bond acceptors (Lipinski definition) is 5. The topological polar surface area (TPSA) is 77.0 Å². The van der Waals surface area contributed by atoms with Crippen LogP contribution in [-0.2, 0) is 10.0 Å². The number of aliphatic imine (C=N–C) groups is 1. The van der Waals surface area contributed by atoms with Crippen LogP contribution < -0.4 is 14.9 Å². The number of thiophene rings is 1. The summed E-state index contributed by atoms with van der Waals surface area (Å²) >= 11 is 1.78. The lowest BCUT2D eigenvalue weighted by atomic mass is 10.3. The van der Waals surface area contributed by atoms with Crippen molar-refractivity contribution >= 4 is 56.3 Å². The van der Waals surface area contributed by atoms with Crippen LogP contribution in [0.15, 0.2) is 22.5 Å². The Kier molecular flexibility index (Phi) is 10.1. The molecule has 144 valence electrons. The van der Waals surface area contributed by atoms with Gasteiger partial charge in [-0.05, 0) is 30.9 Å². The molecule has 0 unspecified atom stereocenters. The normalized spacial score (nSPS) is 15.8. The third-order valence-corrected chi connectivity index (χ3v) is 5.35. The average molecular weight is 501 g/mol. The third kappa shape index (κ3) is 8.09. The predicted molar refractivity (Wildman–Crippen MR) is 117 cm³/mol. The van der Waals surface area contributed by atoms with Crippen LogP contribution in [0.4, 0.5) is 5.00 Å². The van der Waals surface area contributed by atoms with Gasteiger partial charge in [-0.2, -0.15) is 0 Å². The van der Waals surface area contributed by atoms with Gasteiger partial charge in [-0.15, -0.1) is 35.3 Å². The Balaban J connectivity index is 0.00000312. The summed E-state index contributed by atoms with van der Waals surface area (Å²) in [5.74, 6) is 0.919. The minimum absolute atomic E-state index is 0. The van der Waals surface area contributed by atoms with Crippen LogP contribution in [0, 0.1) is 0 Å². The van der Waals surface area contributed by atoms with Crippen LogP contribution >= 0.6 is 35.3 Å². The van der Waals surface area contributed by atoms with Gasteiger partial charge in [0, 0.05) is 45.8 Å². The Morgan fingerprint density at radius 2 is 2.04 bits per heavy atom. The van der Waals surface area contributed by atoms with Gasteiger partial charge in [-0.25, -0.2) is 13.1 Å². The molecule has 0 amide bonds. The molecule has 0 atom stereocenters. The van der Waals surface area contributed by atoms with E-state index in [1.54, 1.807) is 11.3 Å². The van der Waals surface area contributed by atoms with Gasteiger partial charge in [0.1, 0.15) is 0 Å². The van der Waals surface area contributed by atoms with Crippen LogP contribution in [0.3, 0.4) is 0 Å². The van der Waals surface area contributed by atoms with Crippen molar-refractivity contribution in [2.75, 3.05) is 57.0 Å². The van der Waals surface area contributed by atoms with Crippen molar-refractivity contribution < 1.29 is 8.42 Å². The fraction of sp³-hybridized carbons (Fsp3) is 0.667. The molecule has 1 aromatic rings. The van der Waals surface area contributed by atoms with E-state index in [9.17, 15) is 8.42 Å². The lowest BCUT2D eigenvalue weighted by molar-refractivity contribution is 0.373. The number of guanidine groups is 1. The molecule has 1 aliphatic rings. The number of halogens is 1. The van der Waals surface area contributed by atoms with Crippen molar-refractivity contribution in [3.8, 4) is 0 Å². The van der Waals surface area contributed by atoms with E-state index < -0.39 is 10.0 Å². The van der Waals surface area contributed by atoms with E-state index in [0.29, 0.717) is 19.5 Å². The molecule has 0 aliphatic carbocycles. The van der Waals surface area contributed by atoms with E-state index in [1.807, 2.05) is 0 Å². The Hall–Kier alpha value is -0.590. The number of nitrogens with one attached hydrogen (secondary N) is 2. The summed E-state index contributed by atoms with van der Waals surface area (Å²) in [6.45, 7) is 7.76. The molecular weight excluding hydrogens is 473 g/mol. The second-order valence-corrected chi connectivity index (χ2v) is 8.44. The summed E-state index contributed by atoms with van der Waals surface area (Å²) in [5.41, 5.74) is 0. The summed E-state index contributed by atoms with van der Waals surface area (Å²) < 4.78 is 24.6. The van der Waals surface area contributed by atoms with Crippen molar-refractivity contribution in [3.63, 3.8) is 0 Å². The molecule has 10 heteroatoms. The smallest absolute Gasteiger partial charge is 0.208 e. The predicted octanol–water partition coefficient (Wildman–Crippen LogP) is 1.39. The monoisotopic (exact) mass is 501 g/mol. The standard InChI is InChI=1S/C15H27N5O2S2.HI/c1-3-16-15(17-7-5-8-18-24(2,21)22)20-11-9-19(10-12-20)14-6-4-13-23-14;/h4,6,13,18H,3,5,7-12H2,1-2H3,(H,16,17);1H. The first-order valence-electron chi connectivity index (χ1n) is 8.26. The van der Waals surface area contributed by atoms with Crippen LogP contribution in [-0.4, -0.2) is 71.3 Å². The number of nitrogens with zero attached hydrogens (tertiary/aromatic N) is 3. The summed E-state index contributed by atoms with van der Waals surface area (Å²) in [6, 6.07) is 4.25. The molecule has 1 aliphatic heterocycles. The third-order valence-electron chi connectivity index (χ3n) is 3.69. The Labute approximate surface area is 171 Å². The van der Waals surface area contributed by atoms with Gasteiger partial charge in [0.15, 0.2) is 5.96 Å². The van der Waals surface area contributed by atoms with Crippen LogP contribution in [0.1, 0.15) is 13.3 Å². The van der Waals surface area contributed by atoms with E-state index in [0.717, 1.165) is 38.7 Å². The van der Waals surface area contributed by atoms with Gasteiger partial charge in [0.2, 0.25) is 10.0 Å². The van der Waals surface area contributed by atoms with Gasteiger partial charge in [0.05, 0.1) is 11.3 Å². The lowest BCUT2D eigenvalue weighted by Crippen LogP contribution is -2.52. The molecule has 1 saturated heterocycles. The van der Waals surface area contributed by atoms with Gasteiger partial charge in [-0.1, -0.05) is 0 Å². The first-order valence-corrected chi connectivity index (χ1v) is 11.0. The molecular formula is C15H28IN5O2S2. The Morgan fingerprint density at radius 3 is 2.60 bits per heavy atom. The molecule has 1 fully saturated rings. The highest BCUT2D eigenvalue weighted by atomic mass is 127. The maximum atomic E-state index is 11.0. The molecule has 25 heavy (non-hydrogen) atoms. The molecule has 2 heterocycles. The van der Waals surface area contributed by atoms with Crippen LogP contribution in [0.25, 0.3) is 0 Å². The SMILES string of the molecule is CCNC(=NCCCNS(C)(=O)=O)N1CCN(c2cccs2)CC1.I. The molecule has 0 saturated carbocycles. The summed E-state index contributed by atoms with van der Waals surface area (Å²) in [4.78, 5) is 9.30. The minimum Gasteiger partial charge on any atom is -0.360 e. The highest BCUT2D eigenvalue weighted by Crippen LogP contribution is 2.22. The molecule has 2 rings (SSSR count). The fourth-order valence-electron chi connectivity index (χ4n) is 2.54. The molecule has 0 bridgehead atoms. The molecule has 0 spiro atoms. The lowest BCUT2D eigenvalue weighted by Gasteiger charge is -2.37. The average Bonchev–Trinajstić information content (AvgIpc) is 3.07. The zero-order chi connectivity index (χ0) is 17.4. The fourth-order valence-corrected chi connectivity index (χ4v) is 3.84. The van der Waals surface area contributed by atoms with E-state index in [1.165, 1.54) is 11.3 Å². The van der Waals surface area contributed by atoms with Crippen molar-refractivity contribution in [1.82, 2.24) is 14.9 Å². The van der Waals surface area contributed by atoms with Crippen LogP contribution in [0.2, 0.25) is 0 Å². The van der Waals surface area contributed by atoms with Crippen molar-refractivity contribution in [2.24, 2.45) is 4.99 Å². The maximum absolute atomic E-state index is 11.0. The number of rotatable bonds is 7. The molecule has 7 nitrogen and oxygen atoms in total. The van der Waals surface area contributed by atoms with E-state index >= 15 is 0 Å². The summed E-state index contributed by atoms with van der Waals surface area (Å²) in [5, 5.41) is 6.76. The second-order valence-electron chi connectivity index (χ2n) is 5.68. The van der Waals surface area contributed by atoms with Crippen molar-refractivity contribution in [1.29, 1.82) is 0 Å². The van der Waals surface area contributed by atoms with Gasteiger partial charge >= 0.3 is 0 Å². The zero-order valence-electron chi connectivity index (χ0n) is 14.8. The maximum Gasteiger partial charge on any atom is 0.208 e. The van der Waals surface area contributed by atoms with E-state index in [-0.39, 0.29) is 24.0 Å². The highest BCUT2D eigenvalue weighted by molar-refractivity contribution is 14.0. The van der Waals surface area contributed by atoms with Gasteiger partial charge < -0.3 is 15.1 Å². The first-order chi connectivity index (χ1) is 11.5. The Morgan fingerprint density at radius 1 is 1.32 bits per heavy atom. The molecule has 2 N–H and O–H groups in total. The van der Waals surface area contributed by atoms with Crippen molar-refractivity contribution in [2.45, 2.75) is 13.3 Å². The number of hydrogen-bond donors (Lipinski definition) is 2. The molecule has 0 aromatic carbocycles. The molecule has 1 aromatic heterocycles. The number of anilines is 1. The van der Waals surface area contributed by atoms with Gasteiger partial charge in [0.25, 0.3) is 0 Å². The quantitative estimate of drug-likeness (QED) is 0.256. The van der Waals surface area contributed by atoms with Crippen LogP contribution in [0.5, 0.6) is 0 Å². The minimum atomic E-state index is -3.11. The van der Waals surface area contributed by atoms with E-state index in [2.05, 4.69) is 49.3 Å². The van der Waals surface area contributed by atoms with Gasteiger partial charge in [-0.3, -0.25) is 4.99 Å². The first kappa shape index (κ1) is 22.5. The largest absolute Gasteiger partial charge is 0.360 e. The number of sulfonamides is 1.